The largest absolute Gasteiger partial charge is 0.385 e. The van der Waals surface area contributed by atoms with E-state index >= 15 is 0 Å². The van der Waals surface area contributed by atoms with Crippen molar-refractivity contribution in [2.24, 2.45) is 0 Å². The van der Waals surface area contributed by atoms with E-state index in [-0.39, 0.29) is 0 Å². The molecular weight excluding hydrogens is 238 g/mol. The number of nitrogens with one attached hydrogen (secondary N) is 1. The second kappa shape index (κ2) is 4.35. The summed E-state index contributed by atoms with van der Waals surface area (Å²) in [5.41, 5.74) is 2.82. The van der Waals surface area contributed by atoms with Gasteiger partial charge in [-0.05, 0) is 42.5 Å². The molecular formula is C12H16BrN. The van der Waals surface area contributed by atoms with Crippen molar-refractivity contribution in [3.05, 3.63) is 28.2 Å². The molecule has 1 atom stereocenters. The van der Waals surface area contributed by atoms with Gasteiger partial charge >= 0.3 is 0 Å². The van der Waals surface area contributed by atoms with Crippen molar-refractivity contribution >= 4 is 21.6 Å². The molecule has 0 radical (unpaired) electrons. The minimum Gasteiger partial charge on any atom is -0.385 e. The van der Waals surface area contributed by atoms with E-state index in [0.717, 1.165) is 12.5 Å². The van der Waals surface area contributed by atoms with Crippen LogP contribution in [0.4, 0.5) is 5.69 Å². The van der Waals surface area contributed by atoms with Crippen molar-refractivity contribution < 1.29 is 0 Å². The molecule has 0 saturated carbocycles. The number of anilines is 1. The molecule has 14 heavy (non-hydrogen) atoms. The van der Waals surface area contributed by atoms with E-state index in [0.29, 0.717) is 0 Å². The zero-order valence-corrected chi connectivity index (χ0v) is 10.1. The molecule has 1 aliphatic heterocycles. The van der Waals surface area contributed by atoms with Gasteiger partial charge in [-0.2, -0.15) is 0 Å². The zero-order chi connectivity index (χ0) is 9.97. The summed E-state index contributed by atoms with van der Waals surface area (Å²) in [6.07, 6.45) is 3.86. The topological polar surface area (TPSA) is 12.0 Å². The number of benzene rings is 1. The van der Waals surface area contributed by atoms with Gasteiger partial charge in [0.05, 0.1) is 0 Å². The molecule has 0 bridgehead atoms. The lowest BCUT2D eigenvalue weighted by Crippen LogP contribution is -2.16. The molecule has 0 amide bonds. The summed E-state index contributed by atoms with van der Waals surface area (Å²) in [6, 6.07) is 6.56. The number of hydrogen-bond donors (Lipinski definition) is 1. The van der Waals surface area contributed by atoms with E-state index in [1.54, 1.807) is 0 Å². The van der Waals surface area contributed by atoms with E-state index in [1.165, 1.54) is 35.0 Å². The lowest BCUT2D eigenvalue weighted by Gasteiger charge is -2.26. The second-order valence-electron chi connectivity index (χ2n) is 3.93. The Labute approximate surface area is 94.0 Å². The van der Waals surface area contributed by atoms with Crippen LogP contribution in [0.2, 0.25) is 0 Å². The Kier molecular flexibility index (Phi) is 3.12. The lowest BCUT2D eigenvalue weighted by atomic mass is 9.88. The van der Waals surface area contributed by atoms with Crippen molar-refractivity contribution in [3.63, 3.8) is 0 Å². The van der Waals surface area contributed by atoms with Crippen LogP contribution in [0.15, 0.2) is 22.7 Å². The molecule has 1 unspecified atom stereocenters. The van der Waals surface area contributed by atoms with Crippen molar-refractivity contribution in [1.29, 1.82) is 0 Å². The van der Waals surface area contributed by atoms with E-state index in [4.69, 9.17) is 0 Å². The third kappa shape index (κ3) is 1.95. The van der Waals surface area contributed by atoms with Gasteiger partial charge < -0.3 is 5.32 Å². The molecule has 2 heteroatoms. The number of fused-ring (bicyclic) bond motifs is 1. The molecule has 0 aromatic heterocycles. The molecule has 76 valence electrons. The van der Waals surface area contributed by atoms with Gasteiger partial charge in [0, 0.05) is 16.7 Å². The third-order valence-electron chi connectivity index (χ3n) is 2.90. The zero-order valence-electron chi connectivity index (χ0n) is 8.52. The van der Waals surface area contributed by atoms with Crippen LogP contribution in [0, 0.1) is 0 Å². The molecule has 1 nitrogen and oxygen atoms in total. The van der Waals surface area contributed by atoms with Gasteiger partial charge in [0.2, 0.25) is 0 Å². The number of halogens is 1. The molecule has 1 N–H and O–H groups in total. The van der Waals surface area contributed by atoms with Crippen molar-refractivity contribution in [1.82, 2.24) is 0 Å². The second-order valence-corrected chi connectivity index (χ2v) is 4.85. The fourth-order valence-corrected chi connectivity index (χ4v) is 2.60. The summed E-state index contributed by atoms with van der Waals surface area (Å²) in [5, 5.41) is 3.46. The average Bonchev–Trinajstić information content (AvgIpc) is 2.19. The first-order chi connectivity index (χ1) is 6.81. The standard InChI is InChI=1S/C12H16BrN/c1-2-3-9-6-7-14-12-5-4-10(13)8-11(9)12/h4-5,8-9,14H,2-3,6-7H2,1H3. The van der Waals surface area contributed by atoms with Crippen LogP contribution in [0.3, 0.4) is 0 Å². The Balaban J connectivity index is 2.32. The van der Waals surface area contributed by atoms with Crippen LogP contribution in [-0.2, 0) is 0 Å². The summed E-state index contributed by atoms with van der Waals surface area (Å²) >= 11 is 3.54. The minimum atomic E-state index is 0.758. The smallest absolute Gasteiger partial charge is 0.0376 e. The summed E-state index contributed by atoms with van der Waals surface area (Å²) in [7, 11) is 0. The van der Waals surface area contributed by atoms with Crippen molar-refractivity contribution in [3.8, 4) is 0 Å². The molecule has 0 fully saturated rings. The maximum absolute atomic E-state index is 3.54. The van der Waals surface area contributed by atoms with Crippen LogP contribution < -0.4 is 5.32 Å². The fourth-order valence-electron chi connectivity index (χ4n) is 2.22. The van der Waals surface area contributed by atoms with Gasteiger partial charge in [0.25, 0.3) is 0 Å². The van der Waals surface area contributed by atoms with Crippen LogP contribution in [0.25, 0.3) is 0 Å². The Morgan fingerprint density at radius 3 is 3.14 bits per heavy atom. The molecule has 0 aliphatic carbocycles. The van der Waals surface area contributed by atoms with Crippen molar-refractivity contribution in [2.75, 3.05) is 11.9 Å². The van der Waals surface area contributed by atoms with E-state index in [9.17, 15) is 0 Å². The molecule has 1 aromatic rings. The molecule has 0 saturated heterocycles. The normalized spacial score (nSPS) is 20.0. The highest BCUT2D eigenvalue weighted by atomic mass is 79.9. The van der Waals surface area contributed by atoms with E-state index in [2.05, 4.69) is 46.4 Å². The third-order valence-corrected chi connectivity index (χ3v) is 3.39. The first-order valence-electron chi connectivity index (χ1n) is 5.34. The van der Waals surface area contributed by atoms with E-state index < -0.39 is 0 Å². The first kappa shape index (κ1) is 10.0. The predicted octanol–water partition coefficient (Wildman–Crippen LogP) is 4.15. The van der Waals surface area contributed by atoms with Crippen molar-refractivity contribution in [2.45, 2.75) is 32.1 Å². The maximum Gasteiger partial charge on any atom is 0.0376 e. The molecule has 0 spiro atoms. The monoisotopic (exact) mass is 253 g/mol. The first-order valence-corrected chi connectivity index (χ1v) is 6.14. The van der Waals surface area contributed by atoms with Gasteiger partial charge in [0.1, 0.15) is 0 Å². The summed E-state index contributed by atoms with van der Waals surface area (Å²) in [6.45, 7) is 3.39. The number of hydrogen-bond acceptors (Lipinski definition) is 1. The minimum absolute atomic E-state index is 0.758. The predicted molar refractivity (Wildman–Crippen MR) is 64.9 cm³/mol. The highest BCUT2D eigenvalue weighted by Gasteiger charge is 2.18. The average molecular weight is 254 g/mol. The maximum atomic E-state index is 3.54. The van der Waals surface area contributed by atoms with Gasteiger partial charge in [-0.1, -0.05) is 29.3 Å². The SMILES string of the molecule is CCCC1CCNc2ccc(Br)cc21. The molecule has 2 rings (SSSR count). The fraction of sp³-hybridized carbons (Fsp3) is 0.500. The van der Waals surface area contributed by atoms with Gasteiger partial charge in [-0.25, -0.2) is 0 Å². The highest BCUT2D eigenvalue weighted by molar-refractivity contribution is 9.10. The van der Waals surface area contributed by atoms with Gasteiger partial charge in [0.15, 0.2) is 0 Å². The summed E-state index contributed by atoms with van der Waals surface area (Å²) < 4.78 is 1.20. The summed E-state index contributed by atoms with van der Waals surface area (Å²) in [4.78, 5) is 0. The van der Waals surface area contributed by atoms with Gasteiger partial charge in [-0.3, -0.25) is 0 Å². The lowest BCUT2D eigenvalue weighted by molar-refractivity contribution is 0.570. The van der Waals surface area contributed by atoms with Crippen LogP contribution >= 0.6 is 15.9 Å². The van der Waals surface area contributed by atoms with Gasteiger partial charge in [-0.15, -0.1) is 0 Å². The van der Waals surface area contributed by atoms with Crippen LogP contribution in [0.5, 0.6) is 0 Å². The Morgan fingerprint density at radius 2 is 2.36 bits per heavy atom. The quantitative estimate of drug-likeness (QED) is 0.836. The van der Waals surface area contributed by atoms with Crippen LogP contribution in [-0.4, -0.2) is 6.54 Å². The van der Waals surface area contributed by atoms with E-state index in [1.807, 2.05) is 0 Å². The van der Waals surface area contributed by atoms with Crippen LogP contribution in [0.1, 0.15) is 37.7 Å². The Hall–Kier alpha value is -0.500. The Bertz CT molecular complexity index is 322. The molecule has 1 aromatic carbocycles. The number of rotatable bonds is 2. The molecule has 1 heterocycles. The molecule has 1 aliphatic rings. The highest BCUT2D eigenvalue weighted by Crippen LogP contribution is 2.36. The summed E-state index contributed by atoms with van der Waals surface area (Å²) in [5.74, 6) is 0.758. The Morgan fingerprint density at radius 1 is 1.50 bits per heavy atom.